The van der Waals surface area contributed by atoms with Crippen LogP contribution in [-0.2, 0) is 22.8 Å². The second-order valence-electron chi connectivity index (χ2n) is 2.30. The topological polar surface area (TPSA) is 528 Å². The Morgan fingerprint density at radius 1 is 0.324 bits per heavy atom. The Morgan fingerprint density at radius 3 is 0.324 bits per heavy atom. The Labute approximate surface area is 515 Å². The molecule has 0 aromatic heterocycles. The van der Waals surface area contributed by atoms with E-state index in [2.05, 4.69) is 0 Å². The summed E-state index contributed by atoms with van der Waals surface area (Å²) in [7, 11) is -26.2. The molecule has 0 aliphatic heterocycles. The van der Waals surface area contributed by atoms with Gasteiger partial charge in [0.1, 0.15) is 0 Å². The van der Waals surface area contributed by atoms with Crippen molar-refractivity contribution in [2.24, 2.45) is 0 Å². The zero-order valence-electron chi connectivity index (χ0n) is 20.8. The van der Waals surface area contributed by atoms with Gasteiger partial charge in [-0.25, -0.2) is 4.57 Å². The van der Waals surface area contributed by atoms with Crippen LogP contribution in [0.2, 0.25) is 0 Å². The summed E-state index contributed by atoms with van der Waals surface area (Å²) in [5.74, 6) is 0. The van der Waals surface area contributed by atoms with Gasteiger partial charge in [0.15, 0.2) is 0 Å². The first kappa shape index (κ1) is 110. The van der Waals surface area contributed by atoms with E-state index in [1.54, 1.807) is 0 Å². The third-order valence-corrected chi connectivity index (χ3v) is 0. The molecule has 23 nitrogen and oxygen atoms in total. The minimum atomic E-state index is -5.39. The smallest absolute Gasteiger partial charge is 0.822 e. The average molecular weight is 836 g/mol. The van der Waals surface area contributed by atoms with E-state index >= 15 is 0 Å². The molecular weight excluding hydrogens is 824 g/mol. The van der Waals surface area contributed by atoms with Crippen LogP contribution in [0.15, 0.2) is 0 Å². The molecule has 0 fully saturated rings. The van der Waals surface area contributed by atoms with E-state index in [1.807, 2.05) is 0 Å². The average Bonchev–Trinajstić information content (AvgIpc) is 1.79. The molecule has 0 rings (SSSR count). The molecular formula is H12K6Mg3N3O20P5. The van der Waals surface area contributed by atoms with E-state index in [0.29, 0.717) is 0 Å². The summed E-state index contributed by atoms with van der Waals surface area (Å²) >= 11 is 0. The largest absolute Gasteiger partial charge is 2.00 e. The van der Waals surface area contributed by atoms with Gasteiger partial charge < -0.3 is 110 Å². The number of hydrogen-bond donors (Lipinski definition) is 6. The van der Waals surface area contributed by atoms with E-state index in [4.69, 9.17) is 96.2 Å². The number of hydrogen-bond acceptors (Lipinski definition) is 20. The second-order valence-corrected chi connectivity index (χ2v) is 6.91. The molecule has 0 bridgehead atoms. The predicted molar refractivity (Wildman–Crippen MR) is 77.0 cm³/mol. The summed E-state index contributed by atoms with van der Waals surface area (Å²) in [6.45, 7) is 0. The van der Waals surface area contributed by atoms with Crippen molar-refractivity contribution >= 4 is 108 Å². The van der Waals surface area contributed by atoms with Gasteiger partial charge >= 0.3 is 385 Å². The van der Waals surface area contributed by atoms with Crippen LogP contribution in [0, 0.1) is 0 Å². The molecule has 184 valence electrons. The normalized spacial score (nSPS) is 7.97. The molecule has 37 heteroatoms. The quantitative estimate of drug-likeness (QED) is 0.0974. The van der Waals surface area contributed by atoms with Crippen LogP contribution in [0.25, 0.3) is 0 Å². The molecule has 0 unspecified atom stereocenters. The molecule has 0 heterocycles. The first-order chi connectivity index (χ1) is 10.0. The molecule has 0 spiro atoms. The van der Waals surface area contributed by atoms with Crippen LogP contribution in [0.1, 0.15) is 0 Å². The zero-order valence-corrected chi connectivity index (χ0v) is 48.2. The van der Waals surface area contributed by atoms with Crippen LogP contribution in [0.3, 0.4) is 0 Å². The van der Waals surface area contributed by atoms with E-state index in [0.717, 1.165) is 0 Å². The predicted octanol–water partition coefficient (Wildman–Crippen LogP) is -30.9. The van der Waals surface area contributed by atoms with Crippen molar-refractivity contribution in [3.63, 3.8) is 0 Å². The van der Waals surface area contributed by atoms with Crippen molar-refractivity contribution in [3.8, 4) is 0 Å². The van der Waals surface area contributed by atoms with Crippen molar-refractivity contribution in [2.75, 3.05) is 0 Å². The zero-order chi connectivity index (χ0) is 22.5. The van der Waals surface area contributed by atoms with Crippen molar-refractivity contribution in [1.82, 2.24) is 18.5 Å². The van der Waals surface area contributed by atoms with Crippen molar-refractivity contribution in [3.05, 3.63) is 0 Å². The second kappa shape index (κ2) is 60.6. The monoisotopic (exact) mass is 835 g/mol. The van der Waals surface area contributed by atoms with E-state index in [1.165, 1.54) is 0 Å². The maximum Gasteiger partial charge on any atom is 2.00 e. The molecule has 0 aliphatic carbocycles. The molecule has 0 aromatic carbocycles. The summed E-state index contributed by atoms with van der Waals surface area (Å²) in [5, 5.41) is 0. The van der Waals surface area contributed by atoms with Crippen LogP contribution < -0.4 is 385 Å². The van der Waals surface area contributed by atoms with Crippen molar-refractivity contribution < 1.29 is 405 Å². The van der Waals surface area contributed by atoms with Crippen LogP contribution in [-0.4, -0.2) is 83.8 Å². The number of rotatable bonds is 0. The molecule has 0 aliphatic rings. The minimum Gasteiger partial charge on any atom is -0.822 e. The first-order valence-corrected chi connectivity index (χ1v) is 11.1. The fraction of sp³-hybridized carbons (Fsp3) is 0. The molecule has 0 radical (unpaired) electrons. The van der Waals surface area contributed by atoms with Gasteiger partial charge in [0.25, 0.3) is 0 Å². The van der Waals surface area contributed by atoms with Gasteiger partial charge in [-0.05, 0) is 0 Å². The molecule has 0 saturated heterocycles. The van der Waals surface area contributed by atoms with Gasteiger partial charge in [-0.2, -0.15) is 31.3 Å². The number of phosphoric acid groups is 5. The summed E-state index contributed by atoms with van der Waals surface area (Å²) in [6, 6.07) is 0. The maximum atomic E-state index is 8.88. The molecule has 12 N–H and O–H groups in total. The van der Waals surface area contributed by atoms with Gasteiger partial charge in [0.2, 0.25) is 0 Å². The van der Waals surface area contributed by atoms with Gasteiger partial charge in [0.05, 0.1) is 0 Å². The minimum absolute atomic E-state index is 0. The Hall–Kier alpha value is 12.5. The standard InChI is InChI=1S/6K.3Mg.3H3N.5H3O4P/c;;;;;;;;;;;;5*1-5(2,3)4/h;;;;;;;;;3*1H3;5*(H3,1,2,3,4)/q6*+1;3*+2;;;;;;;;/p-12. The summed E-state index contributed by atoms with van der Waals surface area (Å²) in [4.78, 5) is 124. The Balaban J connectivity index is -0.00000000833. The summed E-state index contributed by atoms with van der Waals surface area (Å²) < 4.78 is 43.1. The maximum absolute atomic E-state index is 8.88. The third kappa shape index (κ3) is 668. The molecule has 0 atom stereocenters. The fourth-order valence-electron chi connectivity index (χ4n) is 0. The SMILES string of the molecule is N.N.N.O=P(O)(O)O.O=P([O-])([O-])[O-].O=P([O-])([O-])[O-].O=P([O-])([O-])[O-].O=P([O-])([O-])[O-].[K+].[K+].[K+].[K+].[K+].[K+].[Mg+2].[Mg+2].[Mg+2]. The third-order valence-electron chi connectivity index (χ3n) is 0. The summed E-state index contributed by atoms with van der Waals surface area (Å²) in [6.07, 6.45) is 0. The Morgan fingerprint density at radius 2 is 0.324 bits per heavy atom. The van der Waals surface area contributed by atoms with E-state index in [9.17, 15) is 0 Å². The van der Waals surface area contributed by atoms with E-state index in [-0.39, 0.29) is 396 Å². The molecule has 37 heavy (non-hydrogen) atoms. The van der Waals surface area contributed by atoms with Gasteiger partial charge in [-0.15, -0.1) is 0 Å². The molecule has 0 aromatic rings. The van der Waals surface area contributed by atoms with Gasteiger partial charge in [-0.1, -0.05) is 0 Å². The Bertz CT molecular complexity index is 417. The Kier molecular flexibility index (Phi) is 181. The fourth-order valence-corrected chi connectivity index (χ4v) is 0. The van der Waals surface area contributed by atoms with Crippen LogP contribution in [0.4, 0.5) is 0 Å². The molecule has 0 amide bonds. The molecule has 0 saturated carbocycles. The van der Waals surface area contributed by atoms with Crippen LogP contribution >= 0.6 is 39.1 Å². The van der Waals surface area contributed by atoms with Gasteiger partial charge in [0, 0.05) is 0 Å². The van der Waals surface area contributed by atoms with E-state index < -0.39 is 39.1 Å². The van der Waals surface area contributed by atoms with Crippen LogP contribution in [0.5, 0.6) is 0 Å². The van der Waals surface area contributed by atoms with Gasteiger partial charge in [-0.3, -0.25) is 0 Å². The van der Waals surface area contributed by atoms with Crippen molar-refractivity contribution in [1.29, 1.82) is 0 Å². The van der Waals surface area contributed by atoms with Crippen molar-refractivity contribution in [2.45, 2.75) is 0 Å². The first-order valence-electron chi connectivity index (χ1n) is 3.70. The summed E-state index contributed by atoms with van der Waals surface area (Å²) in [5.41, 5.74) is 0.